The summed E-state index contributed by atoms with van der Waals surface area (Å²) < 4.78 is 4.98. The lowest BCUT2D eigenvalue weighted by molar-refractivity contribution is -0.159. The van der Waals surface area contributed by atoms with Gasteiger partial charge in [0.25, 0.3) is 0 Å². The first-order chi connectivity index (χ1) is 9.75. The molecule has 2 unspecified atom stereocenters. The van der Waals surface area contributed by atoms with Crippen molar-refractivity contribution >= 4 is 11.8 Å². The zero-order valence-corrected chi connectivity index (χ0v) is 13.9. The van der Waals surface area contributed by atoms with Gasteiger partial charge < -0.3 is 9.84 Å². The average molecular weight is 296 g/mol. The summed E-state index contributed by atoms with van der Waals surface area (Å²) in [6.07, 6.45) is 2.05. The first kappa shape index (κ1) is 19.7. The Morgan fingerprint density at radius 1 is 1.29 bits per heavy atom. The maximum Gasteiger partial charge on any atom is 0.319 e. The maximum absolute atomic E-state index is 11.9. The van der Waals surface area contributed by atoms with Crippen LogP contribution in [0, 0.1) is 23.2 Å². The number of aliphatic hydroxyl groups is 1. The van der Waals surface area contributed by atoms with Gasteiger partial charge in [-0.25, -0.2) is 0 Å². The molecule has 0 amide bonds. The first-order valence-electron chi connectivity index (χ1n) is 7.60. The van der Waals surface area contributed by atoms with E-state index < -0.39 is 17.5 Å². The van der Waals surface area contributed by atoms with E-state index in [-0.39, 0.29) is 18.3 Å². The Morgan fingerprint density at radius 2 is 1.90 bits per heavy atom. The lowest BCUT2D eigenvalue weighted by Crippen LogP contribution is -2.36. The Bertz CT molecular complexity index is 403. The summed E-state index contributed by atoms with van der Waals surface area (Å²) >= 11 is 0. The van der Waals surface area contributed by atoms with Crippen molar-refractivity contribution in [2.45, 2.75) is 66.4 Å². The normalized spacial score (nSPS) is 14.8. The highest BCUT2D eigenvalue weighted by atomic mass is 16.5. The van der Waals surface area contributed by atoms with Crippen LogP contribution in [0.5, 0.6) is 0 Å². The molecule has 0 radical (unpaired) electrons. The van der Waals surface area contributed by atoms with Crippen LogP contribution in [0.1, 0.15) is 60.3 Å². The maximum atomic E-state index is 11.9. The van der Waals surface area contributed by atoms with E-state index in [0.717, 1.165) is 12.8 Å². The molecule has 0 bridgehead atoms. The third-order valence-corrected chi connectivity index (χ3v) is 3.61. The molecule has 0 fully saturated rings. The number of aliphatic hydroxyl groups excluding tert-OH is 1. The lowest BCUT2D eigenvalue weighted by Gasteiger charge is -2.24. The van der Waals surface area contributed by atoms with Crippen molar-refractivity contribution in [2.24, 2.45) is 11.3 Å². The Labute approximate surface area is 128 Å². The number of hydrogen-bond acceptors (Lipinski definition) is 4. The number of esters is 1. The fraction of sp³-hybridized carbons (Fsp3) is 0.765. The number of ether oxygens (including phenoxy) is 1. The van der Waals surface area contributed by atoms with Gasteiger partial charge >= 0.3 is 5.97 Å². The third kappa shape index (κ3) is 6.77. The molecule has 4 nitrogen and oxygen atoms in total. The van der Waals surface area contributed by atoms with Crippen molar-refractivity contribution in [1.29, 1.82) is 0 Å². The van der Waals surface area contributed by atoms with Crippen molar-refractivity contribution in [1.82, 2.24) is 0 Å². The highest BCUT2D eigenvalue weighted by Gasteiger charge is 2.38. The smallest absolute Gasteiger partial charge is 0.319 e. The summed E-state index contributed by atoms with van der Waals surface area (Å²) in [6, 6.07) is 0. The summed E-state index contributed by atoms with van der Waals surface area (Å²) in [5.41, 5.74) is -1.05. The number of rotatable bonds is 8. The first-order valence-corrected chi connectivity index (χ1v) is 7.60. The van der Waals surface area contributed by atoms with Crippen molar-refractivity contribution in [2.75, 3.05) is 6.61 Å². The minimum atomic E-state index is -1.05. The molecule has 0 aromatic carbocycles. The summed E-state index contributed by atoms with van der Waals surface area (Å²) in [6.45, 7) is 8.90. The molecule has 2 atom stereocenters. The molecular weight excluding hydrogens is 268 g/mol. The van der Waals surface area contributed by atoms with Gasteiger partial charge in [-0.1, -0.05) is 26.2 Å². The van der Waals surface area contributed by atoms with Crippen LogP contribution >= 0.6 is 0 Å². The average Bonchev–Trinajstić information content (AvgIpc) is 2.41. The largest absolute Gasteiger partial charge is 0.465 e. The molecule has 0 saturated carbocycles. The van der Waals surface area contributed by atoms with Gasteiger partial charge in [-0.05, 0) is 39.5 Å². The van der Waals surface area contributed by atoms with E-state index in [9.17, 15) is 14.7 Å². The molecular formula is C17H28O4. The number of carbonyl (C=O) groups is 2. The Hall–Kier alpha value is -1.34. The van der Waals surface area contributed by atoms with Crippen LogP contribution in [0.3, 0.4) is 0 Å². The molecule has 1 N–H and O–H groups in total. The Balaban J connectivity index is 4.29. The van der Waals surface area contributed by atoms with Crippen molar-refractivity contribution in [3.05, 3.63) is 0 Å². The summed E-state index contributed by atoms with van der Waals surface area (Å²) in [4.78, 5) is 23.6. The van der Waals surface area contributed by atoms with E-state index in [4.69, 9.17) is 4.74 Å². The Kier molecular flexibility index (Phi) is 8.96. The summed E-state index contributed by atoms with van der Waals surface area (Å²) in [5, 5.41) is 9.54. The fourth-order valence-electron chi connectivity index (χ4n) is 1.75. The molecule has 0 aliphatic heterocycles. The van der Waals surface area contributed by atoms with Crippen molar-refractivity contribution < 1.29 is 19.4 Å². The second-order valence-corrected chi connectivity index (χ2v) is 5.83. The summed E-state index contributed by atoms with van der Waals surface area (Å²) in [7, 11) is 0. The molecule has 21 heavy (non-hydrogen) atoms. The van der Waals surface area contributed by atoms with Gasteiger partial charge in [0.1, 0.15) is 17.3 Å². The van der Waals surface area contributed by atoms with Crippen LogP contribution in [0.4, 0.5) is 0 Å². The molecule has 0 aliphatic carbocycles. The van der Waals surface area contributed by atoms with Crippen LogP contribution in [0.25, 0.3) is 0 Å². The zero-order chi connectivity index (χ0) is 16.5. The van der Waals surface area contributed by atoms with Crippen LogP contribution in [-0.4, -0.2) is 29.6 Å². The molecule has 120 valence electrons. The van der Waals surface area contributed by atoms with Crippen LogP contribution < -0.4 is 0 Å². The standard InChI is InChI=1S/C17H28O4/c1-6-21-16(20)17(5,14(4)18)12-10-8-7-9-11-15(19)13(2)3/h13,15,19H,6-8,10,12H2,1-5H3. The van der Waals surface area contributed by atoms with Gasteiger partial charge in [0.2, 0.25) is 0 Å². The number of unbranched alkanes of at least 4 members (excludes halogenated alkanes) is 2. The lowest BCUT2D eigenvalue weighted by atomic mass is 9.81. The molecule has 0 aromatic heterocycles. The number of hydrogen-bond donors (Lipinski definition) is 1. The third-order valence-electron chi connectivity index (χ3n) is 3.61. The highest BCUT2D eigenvalue weighted by molar-refractivity contribution is 6.02. The molecule has 0 heterocycles. The summed E-state index contributed by atoms with van der Waals surface area (Å²) in [5.74, 6) is 5.24. The van der Waals surface area contributed by atoms with Crippen molar-refractivity contribution in [3.63, 3.8) is 0 Å². The number of ketones is 1. The number of Topliss-reactive ketones (excluding diaryl/α,β-unsaturated/α-hetero) is 1. The van der Waals surface area contributed by atoms with Gasteiger partial charge in [0.15, 0.2) is 0 Å². The SMILES string of the molecule is CCOC(=O)C(C)(CCCCC#CC(O)C(C)C)C(C)=O. The minimum absolute atomic E-state index is 0.127. The second kappa shape index (κ2) is 9.57. The van der Waals surface area contributed by atoms with E-state index in [0.29, 0.717) is 12.8 Å². The quantitative estimate of drug-likeness (QED) is 0.324. The van der Waals surface area contributed by atoms with Crippen LogP contribution in [0.15, 0.2) is 0 Å². The van der Waals surface area contributed by atoms with Gasteiger partial charge in [-0.2, -0.15) is 0 Å². The zero-order valence-electron chi connectivity index (χ0n) is 13.9. The predicted molar refractivity (Wildman–Crippen MR) is 82.5 cm³/mol. The second-order valence-electron chi connectivity index (χ2n) is 5.83. The molecule has 4 heteroatoms. The molecule has 0 aliphatic rings. The fourth-order valence-corrected chi connectivity index (χ4v) is 1.75. The van der Waals surface area contributed by atoms with Crippen molar-refractivity contribution in [3.8, 4) is 11.8 Å². The molecule has 0 rings (SSSR count). The topological polar surface area (TPSA) is 63.6 Å². The minimum Gasteiger partial charge on any atom is -0.465 e. The van der Waals surface area contributed by atoms with E-state index in [1.54, 1.807) is 13.8 Å². The van der Waals surface area contributed by atoms with E-state index >= 15 is 0 Å². The molecule has 0 aromatic rings. The van der Waals surface area contributed by atoms with E-state index in [1.165, 1.54) is 6.92 Å². The Morgan fingerprint density at radius 3 is 2.38 bits per heavy atom. The van der Waals surface area contributed by atoms with Gasteiger partial charge in [-0.15, -0.1) is 5.92 Å². The molecule has 0 spiro atoms. The molecule has 0 saturated heterocycles. The van der Waals surface area contributed by atoms with Crippen LogP contribution in [0.2, 0.25) is 0 Å². The number of carbonyl (C=O) groups excluding carboxylic acids is 2. The monoisotopic (exact) mass is 296 g/mol. The van der Waals surface area contributed by atoms with E-state index in [1.807, 2.05) is 13.8 Å². The van der Waals surface area contributed by atoms with Gasteiger partial charge in [0.05, 0.1) is 6.61 Å². The predicted octanol–water partition coefficient (Wildman–Crippen LogP) is 2.73. The van der Waals surface area contributed by atoms with Gasteiger partial charge in [0, 0.05) is 6.42 Å². The van der Waals surface area contributed by atoms with E-state index in [2.05, 4.69) is 11.8 Å². The van der Waals surface area contributed by atoms with Crippen LogP contribution in [-0.2, 0) is 14.3 Å². The van der Waals surface area contributed by atoms with Gasteiger partial charge in [-0.3, -0.25) is 9.59 Å². The highest BCUT2D eigenvalue weighted by Crippen LogP contribution is 2.27.